The number of nitrogens with zero attached hydrogens (tertiary/aromatic N) is 2. The zero-order chi connectivity index (χ0) is 12.4. The van der Waals surface area contributed by atoms with Crippen LogP contribution in [0.4, 0.5) is 5.82 Å². The first-order chi connectivity index (χ1) is 8.11. The number of likely N-dealkylation sites (tertiary alicyclic amines) is 1. The van der Waals surface area contributed by atoms with Gasteiger partial charge in [-0.25, -0.2) is 10.8 Å². The number of rotatable bonds is 2. The summed E-state index contributed by atoms with van der Waals surface area (Å²) in [7, 11) is 0. The molecule has 3 N–H and O–H groups in total. The maximum atomic E-state index is 12.2. The highest BCUT2D eigenvalue weighted by Gasteiger charge is 2.30. The molecule has 5 nitrogen and oxygen atoms in total. The predicted molar refractivity (Wildman–Crippen MR) is 66.3 cm³/mol. The molecule has 1 aromatic heterocycles. The van der Waals surface area contributed by atoms with E-state index in [-0.39, 0.29) is 5.91 Å². The topological polar surface area (TPSA) is 71.2 Å². The second-order valence-corrected chi connectivity index (χ2v) is 4.72. The van der Waals surface area contributed by atoms with Gasteiger partial charge in [-0.3, -0.25) is 4.79 Å². The number of nitrogens with one attached hydrogen (secondary N) is 1. The number of carbonyl (C=O) groups is 1. The van der Waals surface area contributed by atoms with Crippen LogP contribution in [0.1, 0.15) is 24.3 Å². The molecule has 1 aliphatic heterocycles. The van der Waals surface area contributed by atoms with Crippen molar-refractivity contribution < 1.29 is 4.79 Å². The van der Waals surface area contributed by atoms with Crippen LogP contribution in [-0.4, -0.2) is 28.9 Å². The van der Waals surface area contributed by atoms with Crippen molar-refractivity contribution >= 4 is 11.7 Å². The quantitative estimate of drug-likeness (QED) is 0.593. The number of anilines is 1. The molecule has 2 atom stereocenters. The first-order valence-electron chi connectivity index (χ1n) is 5.84. The normalized spacial score (nSPS) is 23.8. The first-order valence-corrected chi connectivity index (χ1v) is 5.84. The fourth-order valence-electron chi connectivity index (χ4n) is 2.09. The van der Waals surface area contributed by atoms with Crippen molar-refractivity contribution in [2.45, 2.75) is 13.8 Å². The van der Waals surface area contributed by atoms with Gasteiger partial charge < -0.3 is 10.3 Å². The smallest absolute Gasteiger partial charge is 0.272 e. The highest BCUT2D eigenvalue weighted by atomic mass is 16.2. The van der Waals surface area contributed by atoms with E-state index >= 15 is 0 Å². The number of hydrogen-bond donors (Lipinski definition) is 2. The summed E-state index contributed by atoms with van der Waals surface area (Å²) >= 11 is 0. The number of hydrazine groups is 1. The van der Waals surface area contributed by atoms with Gasteiger partial charge in [0.2, 0.25) is 0 Å². The summed E-state index contributed by atoms with van der Waals surface area (Å²) in [5.41, 5.74) is 2.89. The Kier molecular flexibility index (Phi) is 3.28. The number of hydrogen-bond acceptors (Lipinski definition) is 4. The fraction of sp³-hybridized carbons (Fsp3) is 0.500. The van der Waals surface area contributed by atoms with Gasteiger partial charge in [-0.05, 0) is 24.0 Å². The molecule has 0 radical (unpaired) electrons. The molecule has 17 heavy (non-hydrogen) atoms. The molecule has 0 aliphatic carbocycles. The molecule has 0 bridgehead atoms. The highest BCUT2D eigenvalue weighted by Crippen LogP contribution is 2.23. The van der Waals surface area contributed by atoms with Gasteiger partial charge in [0.15, 0.2) is 0 Å². The lowest BCUT2D eigenvalue weighted by Crippen LogP contribution is -2.29. The molecule has 5 heteroatoms. The monoisotopic (exact) mass is 234 g/mol. The Balaban J connectivity index is 2.14. The summed E-state index contributed by atoms with van der Waals surface area (Å²) in [6, 6.07) is 5.22. The van der Waals surface area contributed by atoms with E-state index in [1.165, 1.54) is 0 Å². The summed E-state index contributed by atoms with van der Waals surface area (Å²) < 4.78 is 0. The van der Waals surface area contributed by atoms with Gasteiger partial charge in [-0.2, -0.15) is 0 Å². The molecule has 1 fully saturated rings. The molecule has 92 valence electrons. The third kappa shape index (κ3) is 2.39. The van der Waals surface area contributed by atoms with Gasteiger partial charge in [-0.15, -0.1) is 0 Å². The average Bonchev–Trinajstić information content (AvgIpc) is 2.69. The lowest BCUT2D eigenvalue weighted by atomic mass is 10.0. The van der Waals surface area contributed by atoms with Crippen molar-refractivity contribution in [3.05, 3.63) is 23.9 Å². The minimum atomic E-state index is -0.0155. The minimum Gasteiger partial charge on any atom is -0.337 e. The van der Waals surface area contributed by atoms with E-state index in [0.717, 1.165) is 13.1 Å². The van der Waals surface area contributed by atoms with Gasteiger partial charge >= 0.3 is 0 Å². The molecular formula is C12H18N4O. The maximum absolute atomic E-state index is 12.2. The third-order valence-corrected chi connectivity index (χ3v) is 3.39. The molecule has 1 aromatic rings. The van der Waals surface area contributed by atoms with Crippen molar-refractivity contribution in [3.8, 4) is 0 Å². The van der Waals surface area contributed by atoms with Crippen LogP contribution in [-0.2, 0) is 0 Å². The van der Waals surface area contributed by atoms with Crippen LogP contribution >= 0.6 is 0 Å². The van der Waals surface area contributed by atoms with Crippen molar-refractivity contribution in [2.75, 3.05) is 18.5 Å². The molecular weight excluding hydrogens is 216 g/mol. The molecule has 0 saturated carbocycles. The summed E-state index contributed by atoms with van der Waals surface area (Å²) in [5, 5.41) is 0. The van der Waals surface area contributed by atoms with E-state index in [9.17, 15) is 4.79 Å². The van der Waals surface area contributed by atoms with Crippen LogP contribution in [0.2, 0.25) is 0 Å². The number of aromatic nitrogens is 1. The zero-order valence-corrected chi connectivity index (χ0v) is 10.2. The van der Waals surface area contributed by atoms with Crippen molar-refractivity contribution in [2.24, 2.45) is 17.7 Å². The van der Waals surface area contributed by atoms with E-state index in [4.69, 9.17) is 5.84 Å². The second kappa shape index (κ2) is 4.71. The van der Waals surface area contributed by atoms with Crippen LogP contribution in [0.15, 0.2) is 18.2 Å². The largest absolute Gasteiger partial charge is 0.337 e. The number of nitrogen functional groups attached to an aromatic ring is 1. The molecule has 1 amide bonds. The van der Waals surface area contributed by atoms with Crippen LogP contribution in [0, 0.1) is 11.8 Å². The summed E-state index contributed by atoms with van der Waals surface area (Å²) in [4.78, 5) is 18.2. The zero-order valence-electron chi connectivity index (χ0n) is 10.2. The van der Waals surface area contributed by atoms with Crippen LogP contribution < -0.4 is 11.3 Å². The Bertz CT molecular complexity index is 411. The highest BCUT2D eigenvalue weighted by molar-refractivity contribution is 5.92. The first kappa shape index (κ1) is 11.9. The van der Waals surface area contributed by atoms with E-state index in [1.807, 2.05) is 4.90 Å². The molecule has 2 unspecified atom stereocenters. The van der Waals surface area contributed by atoms with Gasteiger partial charge in [0, 0.05) is 13.1 Å². The Hall–Kier alpha value is -1.62. The molecule has 2 heterocycles. The fourth-order valence-corrected chi connectivity index (χ4v) is 2.09. The van der Waals surface area contributed by atoms with E-state index in [2.05, 4.69) is 24.3 Å². The molecule has 0 spiro atoms. The van der Waals surface area contributed by atoms with E-state index in [0.29, 0.717) is 23.3 Å². The van der Waals surface area contributed by atoms with Gasteiger partial charge in [0.25, 0.3) is 5.91 Å². The van der Waals surface area contributed by atoms with Crippen LogP contribution in [0.3, 0.4) is 0 Å². The number of carbonyl (C=O) groups excluding carboxylic acids is 1. The van der Waals surface area contributed by atoms with Crippen molar-refractivity contribution in [1.29, 1.82) is 0 Å². The Morgan fingerprint density at radius 2 is 2.06 bits per heavy atom. The summed E-state index contributed by atoms with van der Waals surface area (Å²) in [6.45, 7) is 5.95. The predicted octanol–water partition coefficient (Wildman–Crippen LogP) is 1.10. The average molecular weight is 234 g/mol. The molecule has 2 rings (SSSR count). The Labute approximate surface area is 101 Å². The summed E-state index contributed by atoms with van der Waals surface area (Å²) in [5.74, 6) is 6.88. The van der Waals surface area contributed by atoms with Crippen LogP contribution in [0.25, 0.3) is 0 Å². The van der Waals surface area contributed by atoms with Crippen molar-refractivity contribution in [1.82, 2.24) is 9.88 Å². The van der Waals surface area contributed by atoms with Crippen LogP contribution in [0.5, 0.6) is 0 Å². The minimum absolute atomic E-state index is 0.0155. The van der Waals surface area contributed by atoms with Gasteiger partial charge in [0.05, 0.1) is 0 Å². The number of amides is 1. The molecule has 1 saturated heterocycles. The van der Waals surface area contributed by atoms with E-state index < -0.39 is 0 Å². The lowest BCUT2D eigenvalue weighted by molar-refractivity contribution is 0.0779. The van der Waals surface area contributed by atoms with E-state index in [1.54, 1.807) is 18.2 Å². The SMILES string of the molecule is CC1CN(C(=O)c2cccc(NN)n2)CC1C. The van der Waals surface area contributed by atoms with Gasteiger partial charge in [0.1, 0.15) is 11.5 Å². The summed E-state index contributed by atoms with van der Waals surface area (Å²) in [6.07, 6.45) is 0. The molecule has 1 aliphatic rings. The number of nitrogens with two attached hydrogens (primary N) is 1. The molecule has 0 aromatic carbocycles. The second-order valence-electron chi connectivity index (χ2n) is 4.72. The van der Waals surface area contributed by atoms with Crippen molar-refractivity contribution in [3.63, 3.8) is 0 Å². The standard InChI is InChI=1S/C12H18N4O/c1-8-6-16(7-9(8)2)12(17)10-4-3-5-11(14-10)15-13/h3-5,8-9H,6-7,13H2,1-2H3,(H,14,15). The lowest BCUT2D eigenvalue weighted by Gasteiger charge is -2.15. The van der Waals surface area contributed by atoms with Gasteiger partial charge in [-0.1, -0.05) is 19.9 Å². The number of pyridine rings is 1. The Morgan fingerprint density at radius 1 is 1.41 bits per heavy atom. The maximum Gasteiger partial charge on any atom is 0.272 e. The third-order valence-electron chi connectivity index (χ3n) is 3.39. The Morgan fingerprint density at radius 3 is 2.65 bits per heavy atom.